The normalized spacial score (nSPS) is 9.75. The molecule has 0 aliphatic carbocycles. The Bertz CT molecular complexity index is 564. The smallest absolute Gasteiger partial charge is 0.257 e. The Morgan fingerprint density at radius 3 is 2.50 bits per heavy atom. The maximum atomic E-state index is 11.8. The van der Waals surface area contributed by atoms with Crippen molar-refractivity contribution in [2.75, 3.05) is 7.05 Å². The van der Waals surface area contributed by atoms with Gasteiger partial charge in [-0.15, -0.1) is 0 Å². The third-order valence-corrected chi connectivity index (χ3v) is 3.16. The molecule has 3 amide bonds. The third kappa shape index (κ3) is 3.12. The number of amides is 3. The van der Waals surface area contributed by atoms with Crippen LogP contribution in [0.1, 0.15) is 34.0 Å². The number of carbonyl (C=O) groups excluding carboxylic acids is 3. The highest BCUT2D eigenvalue weighted by Crippen LogP contribution is 2.24. The first kappa shape index (κ1) is 15.6. The van der Waals surface area contributed by atoms with Crippen LogP contribution in [0.4, 0.5) is 0 Å². The predicted octanol–water partition coefficient (Wildman–Crippen LogP) is 1.50. The summed E-state index contributed by atoms with van der Waals surface area (Å²) >= 11 is 0. The van der Waals surface area contributed by atoms with Crippen LogP contribution >= 0.6 is 0 Å². The van der Waals surface area contributed by atoms with Crippen molar-refractivity contribution in [2.45, 2.75) is 20.3 Å². The van der Waals surface area contributed by atoms with Gasteiger partial charge in [0.25, 0.3) is 5.91 Å². The minimum atomic E-state index is -0.469. The quantitative estimate of drug-likeness (QED) is 0.799. The topological polar surface area (TPSA) is 66.5 Å². The molecule has 0 atom stereocenters. The van der Waals surface area contributed by atoms with Gasteiger partial charge in [-0.2, -0.15) is 0 Å². The Morgan fingerprint density at radius 1 is 1.35 bits per heavy atom. The minimum Gasteiger partial charge on any atom is -0.318 e. The van der Waals surface area contributed by atoms with Gasteiger partial charge in [0.2, 0.25) is 12.8 Å². The van der Waals surface area contributed by atoms with Crippen molar-refractivity contribution in [3.05, 3.63) is 41.0 Å². The van der Waals surface area contributed by atoms with E-state index in [0.717, 1.165) is 23.1 Å². The number of nitrogens with zero attached hydrogens (tertiary/aromatic N) is 1. The fourth-order valence-corrected chi connectivity index (χ4v) is 1.96. The van der Waals surface area contributed by atoms with Crippen LogP contribution in [0.15, 0.2) is 18.7 Å². The Morgan fingerprint density at radius 2 is 2.00 bits per heavy atom. The first-order chi connectivity index (χ1) is 9.46. The van der Waals surface area contributed by atoms with E-state index in [-0.39, 0.29) is 0 Å². The van der Waals surface area contributed by atoms with E-state index >= 15 is 0 Å². The van der Waals surface area contributed by atoms with E-state index in [1.807, 2.05) is 13.0 Å². The van der Waals surface area contributed by atoms with Crippen LogP contribution in [-0.4, -0.2) is 30.7 Å². The molecule has 0 bridgehead atoms. The molecule has 0 saturated heterocycles. The maximum Gasteiger partial charge on any atom is 0.257 e. The standard InChI is InChI=1S/C15H18N2O3/c1-5-12-6-10(2)13(15(20)16-8-18)7-14(12)11(3)17(4)9-19/h6-9H,3,5H2,1-2,4H3,(H,16,18,20). The second-order valence-corrected chi connectivity index (χ2v) is 4.43. The van der Waals surface area contributed by atoms with E-state index in [4.69, 9.17) is 0 Å². The van der Waals surface area contributed by atoms with Crippen molar-refractivity contribution < 1.29 is 14.4 Å². The average molecular weight is 274 g/mol. The maximum absolute atomic E-state index is 11.8. The first-order valence-electron chi connectivity index (χ1n) is 6.21. The first-order valence-corrected chi connectivity index (χ1v) is 6.21. The van der Waals surface area contributed by atoms with Gasteiger partial charge in [0.1, 0.15) is 0 Å². The molecule has 0 heterocycles. The Labute approximate surface area is 118 Å². The van der Waals surface area contributed by atoms with E-state index < -0.39 is 5.91 Å². The van der Waals surface area contributed by atoms with Crippen LogP contribution in [0.3, 0.4) is 0 Å². The van der Waals surface area contributed by atoms with E-state index in [2.05, 4.69) is 11.9 Å². The molecule has 0 saturated carbocycles. The molecule has 5 nitrogen and oxygen atoms in total. The number of aryl methyl sites for hydroxylation is 2. The summed E-state index contributed by atoms with van der Waals surface area (Å²) in [4.78, 5) is 34.4. The van der Waals surface area contributed by atoms with Crippen LogP contribution in [-0.2, 0) is 16.0 Å². The summed E-state index contributed by atoms with van der Waals surface area (Å²) in [6, 6.07) is 3.54. The summed E-state index contributed by atoms with van der Waals surface area (Å²) in [6.45, 7) is 7.66. The zero-order chi connectivity index (χ0) is 15.3. The number of benzene rings is 1. The van der Waals surface area contributed by atoms with Crippen molar-refractivity contribution in [1.82, 2.24) is 10.2 Å². The van der Waals surface area contributed by atoms with Crippen molar-refractivity contribution in [2.24, 2.45) is 0 Å². The lowest BCUT2D eigenvalue weighted by atomic mass is 9.95. The molecule has 5 heteroatoms. The van der Waals surface area contributed by atoms with Crippen LogP contribution < -0.4 is 5.32 Å². The fourth-order valence-electron chi connectivity index (χ4n) is 1.96. The number of rotatable bonds is 6. The van der Waals surface area contributed by atoms with Crippen molar-refractivity contribution in [3.63, 3.8) is 0 Å². The van der Waals surface area contributed by atoms with Gasteiger partial charge in [0.05, 0.1) is 0 Å². The molecule has 0 aliphatic rings. The molecule has 20 heavy (non-hydrogen) atoms. The van der Waals surface area contributed by atoms with E-state index in [9.17, 15) is 14.4 Å². The Kier molecular flexibility index (Phi) is 5.20. The number of imide groups is 1. The average Bonchev–Trinajstić information content (AvgIpc) is 2.45. The summed E-state index contributed by atoms with van der Waals surface area (Å²) in [6.07, 6.45) is 1.76. The number of hydrogen-bond acceptors (Lipinski definition) is 3. The van der Waals surface area contributed by atoms with Crippen molar-refractivity contribution in [1.29, 1.82) is 0 Å². The highest BCUT2D eigenvalue weighted by atomic mass is 16.2. The monoisotopic (exact) mass is 274 g/mol. The fraction of sp³-hybridized carbons (Fsp3) is 0.267. The lowest BCUT2D eigenvalue weighted by molar-refractivity contribution is -0.114. The van der Waals surface area contributed by atoms with Gasteiger partial charge in [-0.25, -0.2) is 0 Å². The van der Waals surface area contributed by atoms with Crippen LogP contribution in [0.2, 0.25) is 0 Å². The minimum absolute atomic E-state index is 0.349. The van der Waals surface area contributed by atoms with Gasteiger partial charge < -0.3 is 4.90 Å². The largest absolute Gasteiger partial charge is 0.318 e. The lowest BCUT2D eigenvalue weighted by Crippen LogP contribution is -2.23. The van der Waals surface area contributed by atoms with Crippen LogP contribution in [0.25, 0.3) is 5.70 Å². The number of hydrogen-bond donors (Lipinski definition) is 1. The Balaban J connectivity index is 3.38. The van der Waals surface area contributed by atoms with E-state index in [1.165, 1.54) is 4.90 Å². The van der Waals surface area contributed by atoms with E-state index in [1.54, 1.807) is 20.0 Å². The molecule has 0 radical (unpaired) electrons. The second kappa shape index (κ2) is 6.65. The molecule has 0 aliphatic heterocycles. The van der Waals surface area contributed by atoms with Crippen LogP contribution in [0.5, 0.6) is 0 Å². The van der Waals surface area contributed by atoms with Gasteiger partial charge >= 0.3 is 0 Å². The van der Waals surface area contributed by atoms with Gasteiger partial charge in [-0.1, -0.05) is 19.6 Å². The summed E-state index contributed by atoms with van der Waals surface area (Å²) in [5.41, 5.74) is 3.39. The number of carbonyl (C=O) groups is 3. The van der Waals surface area contributed by atoms with E-state index in [0.29, 0.717) is 24.1 Å². The summed E-state index contributed by atoms with van der Waals surface area (Å²) in [5.74, 6) is -0.469. The molecule has 0 fully saturated rings. The molecule has 1 aromatic carbocycles. The highest BCUT2D eigenvalue weighted by Gasteiger charge is 2.15. The molecule has 0 aromatic heterocycles. The second-order valence-electron chi connectivity index (χ2n) is 4.43. The molecule has 1 N–H and O–H groups in total. The SMILES string of the molecule is C=C(c1cc(C(=O)NC=O)c(C)cc1CC)N(C)C=O. The molecule has 106 valence electrons. The lowest BCUT2D eigenvalue weighted by Gasteiger charge is -2.19. The zero-order valence-electron chi connectivity index (χ0n) is 11.9. The summed E-state index contributed by atoms with van der Waals surface area (Å²) in [7, 11) is 1.60. The molecule has 0 spiro atoms. The Hall–Kier alpha value is -2.43. The van der Waals surface area contributed by atoms with Gasteiger partial charge in [0, 0.05) is 23.9 Å². The van der Waals surface area contributed by atoms with Crippen LogP contribution in [0, 0.1) is 6.92 Å². The summed E-state index contributed by atoms with van der Waals surface area (Å²) < 4.78 is 0. The van der Waals surface area contributed by atoms with Crippen molar-refractivity contribution in [3.8, 4) is 0 Å². The van der Waals surface area contributed by atoms with Gasteiger partial charge in [-0.3, -0.25) is 19.7 Å². The molecular weight excluding hydrogens is 256 g/mol. The predicted molar refractivity (Wildman–Crippen MR) is 76.9 cm³/mol. The van der Waals surface area contributed by atoms with Gasteiger partial charge in [0.15, 0.2) is 0 Å². The summed E-state index contributed by atoms with van der Waals surface area (Å²) in [5, 5.41) is 2.12. The highest BCUT2D eigenvalue weighted by molar-refractivity contribution is 6.01. The molecular formula is C15H18N2O3. The van der Waals surface area contributed by atoms with Crippen molar-refractivity contribution >= 4 is 24.4 Å². The number of nitrogens with one attached hydrogen (secondary N) is 1. The molecule has 1 rings (SSSR count). The van der Waals surface area contributed by atoms with Gasteiger partial charge in [-0.05, 0) is 30.5 Å². The molecule has 1 aromatic rings. The zero-order valence-corrected chi connectivity index (χ0v) is 11.9. The molecule has 0 unspecified atom stereocenters. The third-order valence-electron chi connectivity index (χ3n) is 3.16.